The van der Waals surface area contributed by atoms with Crippen molar-refractivity contribution in [3.63, 3.8) is 0 Å². The summed E-state index contributed by atoms with van der Waals surface area (Å²) in [7, 11) is 0. The fraction of sp³-hybridized carbons (Fsp3) is 0.500. The van der Waals surface area contributed by atoms with Gasteiger partial charge in [0.1, 0.15) is 11.9 Å². The summed E-state index contributed by atoms with van der Waals surface area (Å²) in [5, 5.41) is 20.6. The first-order valence-electron chi connectivity index (χ1n) is 8.85. The number of hydrogen-bond donors (Lipinski definition) is 3. The maximum absolute atomic E-state index is 10.9. The maximum atomic E-state index is 10.9. The molecule has 8 nitrogen and oxygen atoms in total. The summed E-state index contributed by atoms with van der Waals surface area (Å²) in [6.07, 6.45) is 1.72. The highest BCUT2D eigenvalue weighted by Gasteiger charge is 2.26. The predicted molar refractivity (Wildman–Crippen MR) is 98.6 cm³/mol. The van der Waals surface area contributed by atoms with Crippen molar-refractivity contribution in [2.24, 2.45) is 10.9 Å². The molecule has 0 aliphatic carbocycles. The van der Waals surface area contributed by atoms with Crippen LogP contribution in [0.25, 0.3) is 0 Å². The molecule has 1 fully saturated rings. The number of carboxylic acid groups (broad SMARTS) is 1. The van der Waals surface area contributed by atoms with Gasteiger partial charge in [0, 0.05) is 38.2 Å². The first-order valence-corrected chi connectivity index (χ1v) is 8.85. The number of aliphatic carboxylic acids is 1. The van der Waals surface area contributed by atoms with Crippen molar-refractivity contribution in [1.29, 1.82) is 5.41 Å². The molecule has 0 aromatic heterocycles. The van der Waals surface area contributed by atoms with E-state index in [2.05, 4.69) is 10.1 Å². The molecule has 4 N–H and O–H groups in total. The van der Waals surface area contributed by atoms with Crippen LogP contribution in [-0.4, -0.2) is 77.8 Å². The molecule has 1 atom stereocenters. The molecule has 1 aromatic rings. The Hall–Kier alpha value is -2.45. The maximum Gasteiger partial charge on any atom is 0.317 e. The van der Waals surface area contributed by atoms with Gasteiger partial charge in [-0.3, -0.25) is 20.0 Å². The van der Waals surface area contributed by atoms with Crippen LogP contribution < -0.4 is 5.73 Å². The number of amidine groups is 1. The summed E-state index contributed by atoms with van der Waals surface area (Å²) < 4.78 is 0. The Bertz CT molecular complexity index is 689. The molecule has 26 heavy (non-hydrogen) atoms. The summed E-state index contributed by atoms with van der Waals surface area (Å²) in [4.78, 5) is 20.8. The Labute approximate surface area is 152 Å². The summed E-state index contributed by atoms with van der Waals surface area (Å²) in [6.45, 7) is 4.27. The number of nitrogen functional groups attached to an aromatic ring is 1. The summed E-state index contributed by atoms with van der Waals surface area (Å²) >= 11 is 0. The Morgan fingerprint density at radius 2 is 1.92 bits per heavy atom. The average molecular weight is 359 g/mol. The molecule has 1 aromatic carbocycles. The van der Waals surface area contributed by atoms with Crippen molar-refractivity contribution >= 4 is 17.5 Å². The monoisotopic (exact) mass is 359 g/mol. The number of nitrogens with zero attached hydrogens (tertiary/aromatic N) is 3. The molecule has 0 saturated carbocycles. The lowest BCUT2D eigenvalue weighted by molar-refractivity contribution is -0.138. The Balaban J connectivity index is 1.49. The highest BCUT2D eigenvalue weighted by Crippen LogP contribution is 2.19. The molecule has 2 aliphatic rings. The van der Waals surface area contributed by atoms with Crippen LogP contribution in [0.1, 0.15) is 24.0 Å². The Morgan fingerprint density at radius 1 is 1.23 bits per heavy atom. The van der Waals surface area contributed by atoms with Gasteiger partial charge in [0.15, 0.2) is 0 Å². The smallest absolute Gasteiger partial charge is 0.317 e. The average Bonchev–Trinajstić information content (AvgIpc) is 2.96. The van der Waals surface area contributed by atoms with E-state index < -0.39 is 5.97 Å². The molecular formula is C18H25N5O3. The number of oxime groups is 1. The second-order valence-corrected chi connectivity index (χ2v) is 6.78. The van der Waals surface area contributed by atoms with Gasteiger partial charge in [0.05, 0.1) is 12.3 Å². The molecule has 3 rings (SSSR count). The molecule has 0 radical (unpaired) electrons. The van der Waals surface area contributed by atoms with E-state index in [-0.39, 0.29) is 18.5 Å². The number of nitrogens with one attached hydrogen (secondary N) is 1. The van der Waals surface area contributed by atoms with Gasteiger partial charge in [-0.25, -0.2) is 0 Å². The third kappa shape index (κ3) is 4.80. The zero-order chi connectivity index (χ0) is 18.5. The van der Waals surface area contributed by atoms with Crippen LogP contribution >= 0.6 is 0 Å². The molecule has 0 amide bonds. The lowest BCUT2D eigenvalue weighted by Gasteiger charge is -2.22. The lowest BCUT2D eigenvalue weighted by Crippen LogP contribution is -2.37. The quantitative estimate of drug-likeness (QED) is 0.505. The summed E-state index contributed by atoms with van der Waals surface area (Å²) in [5.74, 6) is -0.719. The van der Waals surface area contributed by atoms with Gasteiger partial charge in [0.25, 0.3) is 0 Å². The van der Waals surface area contributed by atoms with Crippen molar-refractivity contribution in [3.8, 4) is 0 Å². The molecule has 2 heterocycles. The van der Waals surface area contributed by atoms with Crippen molar-refractivity contribution < 1.29 is 14.7 Å². The first-order chi connectivity index (χ1) is 12.5. The molecule has 2 aliphatic heterocycles. The van der Waals surface area contributed by atoms with Crippen molar-refractivity contribution in [2.45, 2.75) is 18.9 Å². The third-order valence-corrected chi connectivity index (χ3v) is 4.76. The second kappa shape index (κ2) is 8.29. The number of nitrogens with two attached hydrogens (primary N) is 1. The van der Waals surface area contributed by atoms with Gasteiger partial charge in [-0.2, -0.15) is 0 Å². The molecular weight excluding hydrogens is 334 g/mol. The predicted octanol–water partition coefficient (Wildman–Crippen LogP) is 0.556. The number of rotatable bonds is 6. The van der Waals surface area contributed by atoms with E-state index in [1.54, 1.807) is 0 Å². The van der Waals surface area contributed by atoms with E-state index in [1.807, 2.05) is 29.2 Å². The number of benzene rings is 1. The van der Waals surface area contributed by atoms with Crippen LogP contribution in [0, 0.1) is 5.41 Å². The summed E-state index contributed by atoms with van der Waals surface area (Å²) in [6, 6.07) is 7.47. The lowest BCUT2D eigenvalue weighted by atomic mass is 10.0. The molecule has 1 saturated heterocycles. The van der Waals surface area contributed by atoms with Crippen molar-refractivity contribution in [2.75, 3.05) is 39.3 Å². The number of carboxylic acids is 1. The largest absolute Gasteiger partial charge is 0.480 e. The van der Waals surface area contributed by atoms with Gasteiger partial charge in [0.2, 0.25) is 0 Å². The minimum Gasteiger partial charge on any atom is -0.480 e. The third-order valence-electron chi connectivity index (χ3n) is 4.76. The highest BCUT2D eigenvalue weighted by atomic mass is 16.6. The van der Waals surface area contributed by atoms with Crippen LogP contribution in [0.2, 0.25) is 0 Å². The van der Waals surface area contributed by atoms with Gasteiger partial charge in [-0.05, 0) is 18.5 Å². The number of hydrogen-bond acceptors (Lipinski definition) is 6. The molecule has 140 valence electrons. The van der Waals surface area contributed by atoms with E-state index >= 15 is 0 Å². The zero-order valence-electron chi connectivity index (χ0n) is 14.7. The molecule has 8 heteroatoms. The normalized spacial score (nSPS) is 21.7. The minimum absolute atomic E-state index is 0.0171. The van der Waals surface area contributed by atoms with E-state index in [1.165, 1.54) is 0 Å². The number of carbonyl (C=O) groups is 1. The highest BCUT2D eigenvalue weighted by molar-refractivity contribution is 6.02. The minimum atomic E-state index is -0.772. The van der Waals surface area contributed by atoms with Crippen molar-refractivity contribution in [3.05, 3.63) is 35.4 Å². The van der Waals surface area contributed by atoms with Crippen molar-refractivity contribution in [1.82, 2.24) is 9.80 Å². The van der Waals surface area contributed by atoms with Crippen LogP contribution in [0.5, 0.6) is 0 Å². The van der Waals surface area contributed by atoms with Crippen LogP contribution in [0.4, 0.5) is 0 Å². The fourth-order valence-electron chi connectivity index (χ4n) is 3.38. The van der Waals surface area contributed by atoms with Crippen LogP contribution in [0.15, 0.2) is 29.4 Å². The second-order valence-electron chi connectivity index (χ2n) is 6.78. The SMILES string of the molecule is N=C(N)c1ccc(C2=NOC(CN3CCCN(CC(=O)O)CC3)C2)cc1. The van der Waals surface area contributed by atoms with E-state index in [0.29, 0.717) is 5.56 Å². The van der Waals surface area contributed by atoms with Crippen LogP contribution in [-0.2, 0) is 9.63 Å². The molecule has 0 spiro atoms. The fourth-order valence-corrected chi connectivity index (χ4v) is 3.38. The van der Waals surface area contributed by atoms with E-state index in [9.17, 15) is 4.79 Å². The van der Waals surface area contributed by atoms with Crippen LogP contribution in [0.3, 0.4) is 0 Å². The molecule has 1 unspecified atom stereocenters. The first kappa shape index (κ1) is 18.3. The van der Waals surface area contributed by atoms with Gasteiger partial charge in [-0.1, -0.05) is 29.4 Å². The van der Waals surface area contributed by atoms with E-state index in [0.717, 1.165) is 56.8 Å². The Kier molecular flexibility index (Phi) is 5.85. The Morgan fingerprint density at radius 3 is 2.62 bits per heavy atom. The van der Waals surface area contributed by atoms with Gasteiger partial charge in [-0.15, -0.1) is 0 Å². The van der Waals surface area contributed by atoms with E-state index in [4.69, 9.17) is 21.1 Å². The topological polar surface area (TPSA) is 115 Å². The zero-order valence-corrected chi connectivity index (χ0v) is 14.7. The molecule has 0 bridgehead atoms. The summed E-state index contributed by atoms with van der Waals surface area (Å²) in [5.41, 5.74) is 8.07. The van der Waals surface area contributed by atoms with Gasteiger partial charge < -0.3 is 15.7 Å². The standard InChI is InChI=1S/C18H25N5O3/c19-18(20)14-4-2-13(3-5-14)16-10-15(26-21-16)11-22-6-1-7-23(9-8-22)12-17(24)25/h2-5,15H,1,6-12H2,(H3,19,20)(H,24,25). The van der Waals surface area contributed by atoms with Gasteiger partial charge >= 0.3 is 5.97 Å².